The minimum Gasteiger partial charge on any atom is -0.484 e. The summed E-state index contributed by atoms with van der Waals surface area (Å²) < 4.78 is 8.37. The van der Waals surface area contributed by atoms with Crippen LogP contribution in [-0.2, 0) is 11.3 Å². The molecule has 0 aliphatic heterocycles. The molecular formula is C19H21N5O3. The number of nitrogens with one attached hydrogen (secondary N) is 1. The standard InChI is InChI=1S/C19H21N5O3/c1-14-12-15(2)24(21-14)17-8-9-19(26)23(22-17)11-10-20-18(25)13-27-16-6-4-3-5-7-16/h3-9,12H,10-11,13H2,1-2H3,(H,20,25). The highest BCUT2D eigenvalue weighted by molar-refractivity contribution is 5.77. The molecule has 27 heavy (non-hydrogen) atoms. The molecule has 140 valence electrons. The van der Waals surface area contributed by atoms with Crippen LogP contribution in [0.15, 0.2) is 53.3 Å². The average Bonchev–Trinajstić information content (AvgIpc) is 3.00. The van der Waals surface area contributed by atoms with E-state index < -0.39 is 0 Å². The number of para-hydroxylation sites is 1. The lowest BCUT2D eigenvalue weighted by Crippen LogP contribution is -2.34. The normalized spacial score (nSPS) is 10.6. The zero-order valence-electron chi connectivity index (χ0n) is 15.3. The van der Waals surface area contributed by atoms with Crippen LogP contribution in [0.1, 0.15) is 11.4 Å². The van der Waals surface area contributed by atoms with E-state index in [1.54, 1.807) is 22.9 Å². The van der Waals surface area contributed by atoms with Gasteiger partial charge in [0.1, 0.15) is 5.75 Å². The van der Waals surface area contributed by atoms with Crippen LogP contribution >= 0.6 is 0 Å². The first kappa shape index (κ1) is 18.4. The smallest absolute Gasteiger partial charge is 0.266 e. The fourth-order valence-electron chi connectivity index (χ4n) is 2.59. The summed E-state index contributed by atoms with van der Waals surface area (Å²) in [4.78, 5) is 23.9. The molecule has 8 nitrogen and oxygen atoms in total. The molecular weight excluding hydrogens is 346 g/mol. The summed E-state index contributed by atoms with van der Waals surface area (Å²) in [5.41, 5.74) is 1.56. The molecule has 3 aromatic rings. The quantitative estimate of drug-likeness (QED) is 0.678. The summed E-state index contributed by atoms with van der Waals surface area (Å²) in [7, 11) is 0. The Morgan fingerprint density at radius 2 is 1.89 bits per heavy atom. The highest BCUT2D eigenvalue weighted by atomic mass is 16.5. The van der Waals surface area contributed by atoms with Crippen LogP contribution < -0.4 is 15.6 Å². The highest BCUT2D eigenvalue weighted by Crippen LogP contribution is 2.08. The van der Waals surface area contributed by atoms with Crippen molar-refractivity contribution in [2.45, 2.75) is 20.4 Å². The molecule has 0 bridgehead atoms. The van der Waals surface area contributed by atoms with Crippen molar-refractivity contribution >= 4 is 5.91 Å². The number of carbonyl (C=O) groups is 1. The maximum Gasteiger partial charge on any atom is 0.266 e. The number of aromatic nitrogens is 4. The van der Waals surface area contributed by atoms with Crippen molar-refractivity contribution in [3.05, 3.63) is 70.3 Å². The molecule has 0 aliphatic carbocycles. The molecule has 3 rings (SSSR count). The Balaban J connectivity index is 1.56. The van der Waals surface area contributed by atoms with Crippen LogP contribution in [0, 0.1) is 13.8 Å². The van der Waals surface area contributed by atoms with Gasteiger partial charge in [-0.1, -0.05) is 18.2 Å². The van der Waals surface area contributed by atoms with E-state index in [1.807, 2.05) is 38.1 Å². The molecule has 0 aliphatic rings. The Morgan fingerprint density at radius 1 is 1.11 bits per heavy atom. The van der Waals surface area contributed by atoms with E-state index in [0.29, 0.717) is 11.6 Å². The highest BCUT2D eigenvalue weighted by Gasteiger charge is 2.08. The molecule has 0 spiro atoms. The zero-order chi connectivity index (χ0) is 19.2. The first-order chi connectivity index (χ1) is 13.0. The minimum absolute atomic E-state index is 0.0852. The second-order valence-corrected chi connectivity index (χ2v) is 6.04. The van der Waals surface area contributed by atoms with E-state index in [4.69, 9.17) is 4.74 Å². The first-order valence-electron chi connectivity index (χ1n) is 8.59. The van der Waals surface area contributed by atoms with Gasteiger partial charge in [-0.2, -0.15) is 5.10 Å². The van der Waals surface area contributed by atoms with Crippen LogP contribution in [0.5, 0.6) is 5.75 Å². The molecule has 1 N–H and O–H groups in total. The Hall–Kier alpha value is -3.42. The van der Waals surface area contributed by atoms with Crippen molar-refractivity contribution in [1.29, 1.82) is 0 Å². The Labute approximate surface area is 156 Å². The molecule has 0 atom stereocenters. The van der Waals surface area contributed by atoms with Gasteiger partial charge in [0.15, 0.2) is 12.4 Å². The Bertz CT molecular complexity index is 979. The number of ether oxygens (including phenoxy) is 1. The van der Waals surface area contributed by atoms with Gasteiger partial charge in [-0.25, -0.2) is 9.36 Å². The Morgan fingerprint density at radius 3 is 2.59 bits per heavy atom. The van der Waals surface area contributed by atoms with Crippen LogP contribution in [0.4, 0.5) is 0 Å². The molecule has 0 fully saturated rings. The summed E-state index contributed by atoms with van der Waals surface area (Å²) in [6, 6.07) is 14.1. The predicted molar refractivity (Wildman–Crippen MR) is 100 cm³/mol. The number of carbonyl (C=O) groups excluding carboxylic acids is 1. The van der Waals surface area contributed by atoms with E-state index >= 15 is 0 Å². The second-order valence-electron chi connectivity index (χ2n) is 6.04. The van der Waals surface area contributed by atoms with Crippen molar-refractivity contribution in [3.8, 4) is 11.6 Å². The summed E-state index contributed by atoms with van der Waals surface area (Å²) in [5, 5.41) is 11.4. The number of nitrogens with zero attached hydrogens (tertiary/aromatic N) is 4. The fourth-order valence-corrected chi connectivity index (χ4v) is 2.59. The summed E-state index contributed by atoms with van der Waals surface area (Å²) in [5.74, 6) is 0.920. The molecule has 1 aromatic carbocycles. The van der Waals surface area contributed by atoms with E-state index in [9.17, 15) is 9.59 Å². The second kappa shape index (κ2) is 8.31. The summed E-state index contributed by atoms with van der Waals surface area (Å²) in [6.07, 6.45) is 0. The number of benzene rings is 1. The van der Waals surface area contributed by atoms with Crippen LogP contribution in [-0.4, -0.2) is 38.6 Å². The lowest BCUT2D eigenvalue weighted by molar-refractivity contribution is -0.123. The topological polar surface area (TPSA) is 91.0 Å². The summed E-state index contributed by atoms with van der Waals surface area (Å²) >= 11 is 0. The van der Waals surface area contributed by atoms with Gasteiger partial charge in [-0.3, -0.25) is 9.59 Å². The van der Waals surface area contributed by atoms with Gasteiger partial charge in [0, 0.05) is 18.3 Å². The molecule has 8 heteroatoms. The van der Waals surface area contributed by atoms with Gasteiger partial charge < -0.3 is 10.1 Å². The van der Waals surface area contributed by atoms with Crippen LogP contribution in [0.25, 0.3) is 5.82 Å². The molecule has 0 unspecified atom stereocenters. The number of rotatable bonds is 7. The van der Waals surface area contributed by atoms with Crippen molar-refractivity contribution < 1.29 is 9.53 Å². The fraction of sp³-hybridized carbons (Fsp3) is 0.263. The first-order valence-corrected chi connectivity index (χ1v) is 8.59. The van der Waals surface area contributed by atoms with E-state index in [2.05, 4.69) is 15.5 Å². The van der Waals surface area contributed by atoms with Crippen molar-refractivity contribution in [2.75, 3.05) is 13.2 Å². The van der Waals surface area contributed by atoms with Crippen molar-refractivity contribution in [1.82, 2.24) is 24.9 Å². The van der Waals surface area contributed by atoms with Gasteiger partial charge in [-0.05, 0) is 38.1 Å². The van der Waals surface area contributed by atoms with Gasteiger partial charge in [0.2, 0.25) is 0 Å². The van der Waals surface area contributed by atoms with Gasteiger partial charge >= 0.3 is 0 Å². The van der Waals surface area contributed by atoms with Crippen molar-refractivity contribution in [2.24, 2.45) is 0 Å². The molecule has 0 saturated heterocycles. The third-order valence-electron chi connectivity index (χ3n) is 3.84. The predicted octanol–water partition coefficient (Wildman–Crippen LogP) is 1.24. The molecule has 0 radical (unpaired) electrons. The number of aryl methyl sites for hydroxylation is 2. The third kappa shape index (κ3) is 4.81. The van der Waals surface area contributed by atoms with E-state index in [-0.39, 0.29) is 31.2 Å². The largest absolute Gasteiger partial charge is 0.484 e. The van der Waals surface area contributed by atoms with Crippen molar-refractivity contribution in [3.63, 3.8) is 0 Å². The van der Waals surface area contributed by atoms with E-state index in [0.717, 1.165) is 11.4 Å². The molecule has 1 amide bonds. The third-order valence-corrected chi connectivity index (χ3v) is 3.84. The lowest BCUT2D eigenvalue weighted by Gasteiger charge is -2.10. The number of hydrogen-bond acceptors (Lipinski definition) is 5. The SMILES string of the molecule is Cc1cc(C)n(-c2ccc(=O)n(CCNC(=O)COc3ccccc3)n2)n1. The Kier molecular flexibility index (Phi) is 5.65. The van der Waals surface area contributed by atoms with Crippen LogP contribution in [0.3, 0.4) is 0 Å². The number of amides is 1. The lowest BCUT2D eigenvalue weighted by atomic mass is 10.3. The summed E-state index contributed by atoms with van der Waals surface area (Å²) in [6.45, 7) is 4.25. The number of hydrogen-bond donors (Lipinski definition) is 1. The minimum atomic E-state index is -0.262. The van der Waals surface area contributed by atoms with Crippen LogP contribution in [0.2, 0.25) is 0 Å². The van der Waals surface area contributed by atoms with E-state index in [1.165, 1.54) is 10.7 Å². The van der Waals surface area contributed by atoms with Gasteiger partial charge in [0.25, 0.3) is 11.5 Å². The van der Waals surface area contributed by atoms with Gasteiger partial charge in [0.05, 0.1) is 12.2 Å². The average molecular weight is 367 g/mol. The molecule has 2 aromatic heterocycles. The van der Waals surface area contributed by atoms with Gasteiger partial charge in [-0.15, -0.1) is 5.10 Å². The monoisotopic (exact) mass is 367 g/mol. The zero-order valence-corrected chi connectivity index (χ0v) is 15.3. The molecule has 2 heterocycles. The maximum atomic E-state index is 12.0. The molecule has 0 saturated carbocycles. The maximum absolute atomic E-state index is 12.0.